The van der Waals surface area contributed by atoms with E-state index in [-0.39, 0.29) is 19.2 Å². The quantitative estimate of drug-likeness (QED) is 0.869. The van der Waals surface area contributed by atoms with E-state index in [1.165, 1.54) is 10.8 Å². The Morgan fingerprint density at radius 2 is 2.27 bits per heavy atom. The third kappa shape index (κ3) is 3.07. The van der Waals surface area contributed by atoms with Gasteiger partial charge in [-0.1, -0.05) is 6.07 Å². The molecule has 0 fully saturated rings. The van der Waals surface area contributed by atoms with Crippen LogP contribution in [-0.4, -0.2) is 22.5 Å². The van der Waals surface area contributed by atoms with Crippen LogP contribution in [-0.2, 0) is 11.3 Å². The summed E-state index contributed by atoms with van der Waals surface area (Å²) < 4.78 is 11.9. The SMILES string of the molecule is N#CCn1ccc(NC(=O)/C=C/c2ccc3c(c2)OCO3)n1. The van der Waals surface area contributed by atoms with Gasteiger partial charge in [-0.2, -0.15) is 10.4 Å². The lowest BCUT2D eigenvalue weighted by Gasteiger charge is -1.98. The van der Waals surface area contributed by atoms with Gasteiger partial charge in [0.2, 0.25) is 12.7 Å². The van der Waals surface area contributed by atoms with Gasteiger partial charge < -0.3 is 14.8 Å². The van der Waals surface area contributed by atoms with Crippen LogP contribution in [0.5, 0.6) is 11.5 Å². The lowest BCUT2D eigenvalue weighted by Crippen LogP contribution is -2.09. The Hall–Kier alpha value is -3.27. The maximum absolute atomic E-state index is 11.8. The first-order valence-corrected chi connectivity index (χ1v) is 6.54. The van der Waals surface area contributed by atoms with Gasteiger partial charge in [-0.25, -0.2) is 0 Å². The van der Waals surface area contributed by atoms with Crippen molar-refractivity contribution in [1.29, 1.82) is 5.26 Å². The van der Waals surface area contributed by atoms with Gasteiger partial charge >= 0.3 is 0 Å². The zero-order chi connectivity index (χ0) is 15.4. The van der Waals surface area contributed by atoms with Crippen molar-refractivity contribution in [3.8, 4) is 17.6 Å². The molecule has 22 heavy (non-hydrogen) atoms. The van der Waals surface area contributed by atoms with Gasteiger partial charge in [0.05, 0.1) is 6.07 Å². The highest BCUT2D eigenvalue weighted by atomic mass is 16.7. The fraction of sp³-hybridized carbons (Fsp3) is 0.133. The van der Waals surface area contributed by atoms with E-state index in [1.54, 1.807) is 30.5 Å². The van der Waals surface area contributed by atoms with E-state index in [0.717, 1.165) is 5.56 Å². The zero-order valence-electron chi connectivity index (χ0n) is 11.5. The second-order valence-electron chi connectivity index (χ2n) is 4.49. The number of rotatable bonds is 4. The van der Waals surface area contributed by atoms with Crippen molar-refractivity contribution in [3.05, 3.63) is 42.1 Å². The third-order valence-electron chi connectivity index (χ3n) is 2.95. The lowest BCUT2D eigenvalue weighted by atomic mass is 10.2. The molecule has 1 amide bonds. The van der Waals surface area contributed by atoms with Crippen LogP contribution in [0.15, 0.2) is 36.5 Å². The van der Waals surface area contributed by atoms with E-state index < -0.39 is 0 Å². The summed E-state index contributed by atoms with van der Waals surface area (Å²) in [6.07, 6.45) is 4.70. The number of nitriles is 1. The standard InChI is InChI=1S/C15H12N4O3/c16-6-8-19-7-5-14(18-19)17-15(20)4-2-11-1-3-12-13(9-11)22-10-21-12/h1-5,7,9H,8,10H2,(H,17,18,20)/b4-2+. The van der Waals surface area contributed by atoms with E-state index >= 15 is 0 Å². The van der Waals surface area contributed by atoms with Crippen molar-refractivity contribution < 1.29 is 14.3 Å². The summed E-state index contributed by atoms with van der Waals surface area (Å²) in [6, 6.07) is 9.02. The van der Waals surface area contributed by atoms with Crippen molar-refractivity contribution in [2.75, 3.05) is 12.1 Å². The number of nitrogens with zero attached hydrogens (tertiary/aromatic N) is 3. The molecule has 1 N–H and O–H groups in total. The summed E-state index contributed by atoms with van der Waals surface area (Å²) in [6.45, 7) is 0.358. The largest absolute Gasteiger partial charge is 0.454 e. The third-order valence-corrected chi connectivity index (χ3v) is 2.95. The predicted octanol–water partition coefficient (Wildman–Crippen LogP) is 1.79. The molecule has 1 aliphatic rings. The van der Waals surface area contributed by atoms with E-state index in [0.29, 0.717) is 17.3 Å². The van der Waals surface area contributed by atoms with Crippen LogP contribution < -0.4 is 14.8 Å². The highest BCUT2D eigenvalue weighted by Gasteiger charge is 2.12. The number of carbonyl (C=O) groups excluding carboxylic acids is 1. The van der Waals surface area contributed by atoms with Gasteiger partial charge in [0, 0.05) is 18.3 Å². The molecule has 2 heterocycles. The number of ether oxygens (including phenoxy) is 2. The molecular formula is C15H12N4O3. The summed E-state index contributed by atoms with van der Waals surface area (Å²) in [4.78, 5) is 11.8. The Kier molecular flexibility index (Phi) is 3.74. The van der Waals surface area contributed by atoms with Crippen LogP contribution in [0.1, 0.15) is 5.56 Å². The minimum Gasteiger partial charge on any atom is -0.454 e. The van der Waals surface area contributed by atoms with Crippen LogP contribution in [0.4, 0.5) is 5.82 Å². The molecule has 0 radical (unpaired) electrons. The monoisotopic (exact) mass is 296 g/mol. The molecule has 7 heteroatoms. The minimum atomic E-state index is -0.306. The van der Waals surface area contributed by atoms with E-state index in [2.05, 4.69) is 10.4 Å². The molecule has 2 aromatic rings. The van der Waals surface area contributed by atoms with Crippen LogP contribution in [0.3, 0.4) is 0 Å². The van der Waals surface area contributed by atoms with Crippen LogP contribution >= 0.6 is 0 Å². The van der Waals surface area contributed by atoms with Crippen molar-refractivity contribution in [2.45, 2.75) is 6.54 Å². The molecule has 110 valence electrons. The van der Waals surface area contributed by atoms with E-state index in [4.69, 9.17) is 14.7 Å². The predicted molar refractivity (Wildman–Crippen MR) is 78.1 cm³/mol. The zero-order valence-corrected chi connectivity index (χ0v) is 11.5. The molecule has 0 aliphatic carbocycles. The average molecular weight is 296 g/mol. The molecule has 0 saturated heterocycles. The Labute approximate surface area is 126 Å². The molecule has 1 aromatic heterocycles. The summed E-state index contributed by atoms with van der Waals surface area (Å²) in [7, 11) is 0. The first-order chi connectivity index (χ1) is 10.7. The second-order valence-corrected chi connectivity index (χ2v) is 4.49. The minimum absolute atomic E-state index is 0.142. The Bertz CT molecular complexity index is 773. The van der Waals surface area contributed by atoms with Gasteiger partial charge in [0.15, 0.2) is 17.3 Å². The Morgan fingerprint density at radius 1 is 1.41 bits per heavy atom. The number of fused-ring (bicyclic) bond motifs is 1. The van der Waals surface area contributed by atoms with Gasteiger partial charge in [-0.3, -0.25) is 9.48 Å². The van der Waals surface area contributed by atoms with Crippen molar-refractivity contribution in [1.82, 2.24) is 9.78 Å². The number of anilines is 1. The number of nitrogens with one attached hydrogen (secondary N) is 1. The molecule has 7 nitrogen and oxygen atoms in total. The first-order valence-electron chi connectivity index (χ1n) is 6.54. The van der Waals surface area contributed by atoms with Gasteiger partial charge in [0.1, 0.15) is 6.54 Å². The van der Waals surface area contributed by atoms with Crippen molar-refractivity contribution in [3.63, 3.8) is 0 Å². The normalized spacial score (nSPS) is 12.3. The molecule has 0 spiro atoms. The molecule has 0 saturated carbocycles. The topological polar surface area (TPSA) is 89.2 Å². The molecule has 1 aromatic carbocycles. The highest BCUT2D eigenvalue weighted by Crippen LogP contribution is 2.32. The van der Waals surface area contributed by atoms with Gasteiger partial charge in [-0.05, 0) is 23.8 Å². The summed E-state index contributed by atoms with van der Waals surface area (Å²) >= 11 is 0. The number of amides is 1. The second kappa shape index (κ2) is 6.01. The lowest BCUT2D eigenvalue weighted by molar-refractivity contribution is -0.111. The van der Waals surface area contributed by atoms with E-state index in [1.807, 2.05) is 12.1 Å². The Morgan fingerprint density at radius 3 is 3.14 bits per heavy atom. The average Bonchev–Trinajstić information content (AvgIpc) is 3.14. The van der Waals surface area contributed by atoms with Gasteiger partial charge in [0.25, 0.3) is 0 Å². The van der Waals surface area contributed by atoms with Crippen molar-refractivity contribution in [2.24, 2.45) is 0 Å². The smallest absolute Gasteiger partial charge is 0.249 e. The highest BCUT2D eigenvalue weighted by molar-refractivity contribution is 6.01. The maximum atomic E-state index is 11.8. The molecular weight excluding hydrogens is 284 g/mol. The van der Waals surface area contributed by atoms with Crippen LogP contribution in [0.2, 0.25) is 0 Å². The Balaban J connectivity index is 1.62. The number of benzene rings is 1. The van der Waals surface area contributed by atoms with Crippen LogP contribution in [0.25, 0.3) is 6.08 Å². The fourth-order valence-corrected chi connectivity index (χ4v) is 1.95. The summed E-state index contributed by atoms with van der Waals surface area (Å²) in [5, 5.41) is 15.2. The number of hydrogen-bond donors (Lipinski definition) is 1. The van der Waals surface area contributed by atoms with Gasteiger partial charge in [-0.15, -0.1) is 0 Å². The van der Waals surface area contributed by atoms with Crippen LogP contribution in [0, 0.1) is 11.3 Å². The summed E-state index contributed by atoms with van der Waals surface area (Å²) in [5.41, 5.74) is 0.828. The molecule has 3 rings (SSSR count). The van der Waals surface area contributed by atoms with Crippen molar-refractivity contribution >= 4 is 17.8 Å². The fourth-order valence-electron chi connectivity index (χ4n) is 1.95. The van der Waals surface area contributed by atoms with E-state index in [9.17, 15) is 4.79 Å². The maximum Gasteiger partial charge on any atom is 0.249 e. The first kappa shape index (κ1) is 13.7. The molecule has 0 unspecified atom stereocenters. The number of aromatic nitrogens is 2. The molecule has 0 atom stereocenters. The molecule has 1 aliphatic heterocycles. The summed E-state index contributed by atoms with van der Waals surface area (Å²) in [5.74, 6) is 1.46. The molecule has 0 bridgehead atoms. The number of hydrogen-bond acceptors (Lipinski definition) is 5. The number of carbonyl (C=O) groups is 1.